The number of aryl methyl sites for hydroxylation is 2. The van der Waals surface area contributed by atoms with Crippen LogP contribution >= 0.6 is 0 Å². The third-order valence-corrected chi connectivity index (χ3v) is 7.76. The summed E-state index contributed by atoms with van der Waals surface area (Å²) in [6.07, 6.45) is 2.73. The molecule has 3 heterocycles. The summed E-state index contributed by atoms with van der Waals surface area (Å²) in [6.45, 7) is 6.16. The molecule has 1 N–H and O–H groups in total. The van der Waals surface area contributed by atoms with Crippen LogP contribution < -0.4 is 4.72 Å². The normalized spacial score (nSPS) is 26.8. The van der Waals surface area contributed by atoms with E-state index in [9.17, 15) is 13.2 Å². The lowest BCUT2D eigenvalue weighted by Gasteiger charge is -2.25. The van der Waals surface area contributed by atoms with Gasteiger partial charge in [-0.3, -0.25) is 9.48 Å². The van der Waals surface area contributed by atoms with Crippen molar-refractivity contribution in [2.45, 2.75) is 45.1 Å². The van der Waals surface area contributed by atoms with Gasteiger partial charge in [-0.2, -0.15) is 10.1 Å². The fourth-order valence-electron chi connectivity index (χ4n) is 4.66. The first-order valence-corrected chi connectivity index (χ1v) is 11.4. The topological polar surface area (TPSA) is 123 Å². The monoisotopic (exact) mass is 422 g/mol. The number of hydrogen-bond donors (Lipinski definition) is 1. The van der Waals surface area contributed by atoms with Crippen molar-refractivity contribution in [3.05, 3.63) is 29.2 Å². The molecule has 0 radical (unpaired) electrons. The van der Waals surface area contributed by atoms with Crippen molar-refractivity contribution < 1.29 is 17.7 Å². The van der Waals surface area contributed by atoms with Crippen LogP contribution in [0.1, 0.15) is 47.5 Å². The maximum Gasteiger partial charge on any atom is 0.257 e. The van der Waals surface area contributed by atoms with Gasteiger partial charge in [-0.15, -0.1) is 0 Å². The Balaban J connectivity index is 1.63. The standard InChI is InChI=1S/C18H26N6O4S/c1-5-29(26,27)22-14-6-13-9-24(16(25)15-8-19-23(4)11(15)2)10-18(13,7-14)17-20-12(3)21-28-17/h8,13-14,22H,5-7,9-10H2,1-4H3/t13?,14-,18+/m1/s1. The molecule has 1 unspecified atom stereocenters. The highest BCUT2D eigenvalue weighted by molar-refractivity contribution is 7.89. The molecule has 29 heavy (non-hydrogen) atoms. The summed E-state index contributed by atoms with van der Waals surface area (Å²) in [6, 6.07) is -0.213. The van der Waals surface area contributed by atoms with Gasteiger partial charge in [0.25, 0.3) is 5.91 Å². The van der Waals surface area contributed by atoms with E-state index in [4.69, 9.17) is 4.52 Å². The molecule has 1 aliphatic heterocycles. The minimum atomic E-state index is -3.32. The number of carbonyl (C=O) groups excluding carboxylic acids is 1. The van der Waals surface area contributed by atoms with Gasteiger partial charge in [-0.1, -0.05) is 5.16 Å². The Morgan fingerprint density at radius 3 is 2.76 bits per heavy atom. The molecule has 1 aliphatic carbocycles. The van der Waals surface area contributed by atoms with Crippen LogP contribution in [-0.2, 0) is 22.5 Å². The Labute approximate surface area is 169 Å². The number of nitrogens with zero attached hydrogens (tertiary/aromatic N) is 5. The molecule has 2 aromatic rings. The number of likely N-dealkylation sites (tertiary alicyclic amines) is 1. The van der Waals surface area contributed by atoms with Gasteiger partial charge in [0, 0.05) is 31.9 Å². The molecule has 11 heteroatoms. The molecule has 0 aromatic carbocycles. The Morgan fingerprint density at radius 2 is 2.17 bits per heavy atom. The first-order chi connectivity index (χ1) is 13.6. The summed E-state index contributed by atoms with van der Waals surface area (Å²) >= 11 is 0. The molecule has 0 bridgehead atoms. The van der Waals surface area contributed by atoms with Gasteiger partial charge in [-0.25, -0.2) is 13.1 Å². The number of nitrogens with one attached hydrogen (secondary N) is 1. The van der Waals surface area contributed by atoms with Gasteiger partial charge < -0.3 is 9.42 Å². The van der Waals surface area contributed by atoms with Crippen LogP contribution in [0.25, 0.3) is 0 Å². The van der Waals surface area contributed by atoms with Crippen molar-refractivity contribution in [1.29, 1.82) is 0 Å². The first-order valence-electron chi connectivity index (χ1n) is 9.74. The van der Waals surface area contributed by atoms with Crippen molar-refractivity contribution in [2.75, 3.05) is 18.8 Å². The Hall–Kier alpha value is -2.27. The summed E-state index contributed by atoms with van der Waals surface area (Å²) in [5.41, 5.74) is 0.837. The lowest BCUT2D eigenvalue weighted by molar-refractivity contribution is 0.0772. The number of fused-ring (bicyclic) bond motifs is 1. The van der Waals surface area contributed by atoms with Crippen molar-refractivity contribution in [3.8, 4) is 0 Å². The number of amides is 1. The van der Waals surface area contributed by atoms with Crippen molar-refractivity contribution in [3.63, 3.8) is 0 Å². The van der Waals surface area contributed by atoms with Crippen LogP contribution in [0.15, 0.2) is 10.7 Å². The predicted octanol–water partition coefficient (Wildman–Crippen LogP) is 0.532. The molecule has 3 atom stereocenters. The van der Waals surface area contributed by atoms with Gasteiger partial charge in [0.2, 0.25) is 15.9 Å². The largest absolute Gasteiger partial charge is 0.339 e. The van der Waals surface area contributed by atoms with Gasteiger partial charge in [0.15, 0.2) is 5.82 Å². The van der Waals surface area contributed by atoms with E-state index < -0.39 is 15.4 Å². The fraction of sp³-hybridized carbons (Fsp3) is 0.667. The molecule has 158 valence electrons. The zero-order valence-electron chi connectivity index (χ0n) is 17.0. The van der Waals surface area contributed by atoms with Crippen LogP contribution in [0.4, 0.5) is 0 Å². The fourth-order valence-corrected chi connectivity index (χ4v) is 5.52. The maximum absolute atomic E-state index is 13.1. The van der Waals surface area contributed by atoms with E-state index in [0.29, 0.717) is 43.2 Å². The van der Waals surface area contributed by atoms with Crippen LogP contribution in [0.5, 0.6) is 0 Å². The lowest BCUT2D eigenvalue weighted by atomic mass is 9.80. The average molecular weight is 423 g/mol. The van der Waals surface area contributed by atoms with Crippen LogP contribution in [0.2, 0.25) is 0 Å². The highest BCUT2D eigenvalue weighted by atomic mass is 32.2. The quantitative estimate of drug-likeness (QED) is 0.745. The second-order valence-electron chi connectivity index (χ2n) is 8.11. The van der Waals surface area contributed by atoms with E-state index in [1.54, 1.807) is 36.7 Å². The van der Waals surface area contributed by atoms with E-state index in [2.05, 4.69) is 20.0 Å². The maximum atomic E-state index is 13.1. The number of hydrogen-bond acceptors (Lipinski definition) is 7. The van der Waals surface area contributed by atoms with Crippen molar-refractivity contribution in [1.82, 2.24) is 29.5 Å². The lowest BCUT2D eigenvalue weighted by Crippen LogP contribution is -2.40. The second kappa shape index (κ2) is 6.91. The van der Waals surface area contributed by atoms with Crippen LogP contribution in [0.3, 0.4) is 0 Å². The molecule has 0 spiro atoms. The van der Waals surface area contributed by atoms with Gasteiger partial charge in [0.1, 0.15) is 0 Å². The zero-order chi connectivity index (χ0) is 21.0. The SMILES string of the molecule is CCS(=O)(=O)N[C@@H]1CC2CN(C(=O)c3cnn(C)c3C)C[C@@]2(c2nc(C)no2)C1. The second-order valence-corrected chi connectivity index (χ2v) is 10.2. The Kier molecular flexibility index (Phi) is 4.77. The summed E-state index contributed by atoms with van der Waals surface area (Å²) in [5, 5.41) is 8.11. The first kappa shape index (κ1) is 20.0. The highest BCUT2D eigenvalue weighted by Gasteiger charge is 2.58. The van der Waals surface area contributed by atoms with Crippen molar-refractivity contribution >= 4 is 15.9 Å². The molecule has 1 saturated carbocycles. The number of rotatable bonds is 5. The minimum absolute atomic E-state index is 0.0335. The molecule has 4 rings (SSSR count). The number of aromatic nitrogens is 4. The smallest absolute Gasteiger partial charge is 0.257 e. The Morgan fingerprint density at radius 1 is 1.41 bits per heavy atom. The summed E-state index contributed by atoms with van der Waals surface area (Å²) < 4.78 is 34.2. The zero-order valence-corrected chi connectivity index (χ0v) is 17.9. The molecule has 1 amide bonds. The summed E-state index contributed by atoms with van der Waals surface area (Å²) in [4.78, 5) is 19.4. The number of carbonyl (C=O) groups is 1. The summed E-state index contributed by atoms with van der Waals surface area (Å²) in [7, 11) is -1.52. The van der Waals surface area contributed by atoms with E-state index >= 15 is 0 Å². The van der Waals surface area contributed by atoms with Crippen LogP contribution in [-0.4, -0.2) is 64.0 Å². The minimum Gasteiger partial charge on any atom is -0.339 e. The van der Waals surface area contributed by atoms with E-state index in [1.165, 1.54) is 0 Å². The van der Waals surface area contributed by atoms with Gasteiger partial charge in [-0.05, 0) is 39.5 Å². The molecule has 1 saturated heterocycles. The summed E-state index contributed by atoms with van der Waals surface area (Å²) in [5.74, 6) is 1.00. The van der Waals surface area contributed by atoms with E-state index in [1.807, 2.05) is 6.92 Å². The highest BCUT2D eigenvalue weighted by Crippen LogP contribution is 2.50. The number of sulfonamides is 1. The van der Waals surface area contributed by atoms with Gasteiger partial charge in [0.05, 0.1) is 22.9 Å². The molecule has 2 fully saturated rings. The molecule has 2 aliphatic rings. The molecular formula is C18H26N6O4S. The molecule has 10 nitrogen and oxygen atoms in total. The third-order valence-electron chi connectivity index (χ3n) is 6.31. The Bertz CT molecular complexity index is 1040. The van der Waals surface area contributed by atoms with Gasteiger partial charge >= 0.3 is 0 Å². The molecule has 2 aromatic heterocycles. The van der Waals surface area contributed by atoms with Crippen LogP contribution in [0, 0.1) is 19.8 Å². The van der Waals surface area contributed by atoms with E-state index in [0.717, 1.165) is 5.69 Å². The van der Waals surface area contributed by atoms with Crippen molar-refractivity contribution in [2.24, 2.45) is 13.0 Å². The molecular weight excluding hydrogens is 396 g/mol. The van der Waals surface area contributed by atoms with E-state index in [-0.39, 0.29) is 23.6 Å². The average Bonchev–Trinajstić information content (AvgIpc) is 3.39. The predicted molar refractivity (Wildman–Crippen MR) is 104 cm³/mol. The third kappa shape index (κ3) is 3.35.